The fraction of sp³-hybridized carbons (Fsp3) is 0.500. The molecule has 1 aromatic rings. The first-order valence-electron chi connectivity index (χ1n) is 5.98. The van der Waals surface area contributed by atoms with Crippen molar-refractivity contribution in [3.8, 4) is 0 Å². The van der Waals surface area contributed by atoms with E-state index in [1.54, 1.807) is 0 Å². The highest BCUT2D eigenvalue weighted by atomic mass is 32.2. The summed E-state index contributed by atoms with van der Waals surface area (Å²) >= 11 is 1.38. The van der Waals surface area contributed by atoms with E-state index in [4.69, 9.17) is 0 Å². The summed E-state index contributed by atoms with van der Waals surface area (Å²) in [4.78, 5) is 13.1. The molecule has 0 atom stereocenters. The van der Waals surface area contributed by atoms with Gasteiger partial charge in [0.2, 0.25) is 0 Å². The van der Waals surface area contributed by atoms with Crippen molar-refractivity contribution in [1.29, 1.82) is 0 Å². The highest BCUT2D eigenvalue weighted by Gasteiger charge is 2.36. The maximum atomic E-state index is 12.1. The van der Waals surface area contributed by atoms with Crippen molar-refractivity contribution in [3.63, 3.8) is 0 Å². The van der Waals surface area contributed by atoms with Gasteiger partial charge in [-0.25, -0.2) is 0 Å². The van der Waals surface area contributed by atoms with Crippen LogP contribution in [0.2, 0.25) is 24.2 Å². The van der Waals surface area contributed by atoms with Crippen LogP contribution in [0, 0.1) is 0 Å². The highest BCUT2D eigenvalue weighted by molar-refractivity contribution is 8.13. The molecule has 1 rings (SSSR count). The second kappa shape index (κ2) is 5.40. The molecule has 0 unspecified atom stereocenters. The van der Waals surface area contributed by atoms with Crippen LogP contribution in [0.4, 0.5) is 0 Å². The van der Waals surface area contributed by atoms with Gasteiger partial charge in [-0.1, -0.05) is 63.8 Å². The summed E-state index contributed by atoms with van der Waals surface area (Å²) in [6, 6.07) is 10.7. The Balaban J connectivity index is 2.62. The van der Waals surface area contributed by atoms with Crippen LogP contribution in [0.25, 0.3) is 0 Å². The van der Waals surface area contributed by atoms with Crippen LogP contribution >= 0.6 is 11.8 Å². The zero-order valence-electron chi connectivity index (χ0n) is 11.4. The Labute approximate surface area is 110 Å². The smallest absolute Gasteiger partial charge is 0.191 e. The molecule has 0 aliphatic heterocycles. The third-order valence-electron chi connectivity index (χ3n) is 3.59. The molecule has 0 bridgehead atoms. The van der Waals surface area contributed by atoms with Crippen molar-refractivity contribution < 1.29 is 4.79 Å². The summed E-state index contributed by atoms with van der Waals surface area (Å²) in [5.41, 5.74) is 0. The Kier molecular flexibility index (Phi) is 4.61. The predicted molar refractivity (Wildman–Crippen MR) is 79.3 cm³/mol. The van der Waals surface area contributed by atoms with Gasteiger partial charge in [-0.3, -0.25) is 4.79 Å². The normalized spacial score (nSPS) is 12.5. The number of benzene rings is 1. The van der Waals surface area contributed by atoms with E-state index in [0.29, 0.717) is 5.12 Å². The lowest BCUT2D eigenvalue weighted by molar-refractivity contribution is -0.109. The third-order valence-corrected chi connectivity index (χ3v) is 9.99. The van der Waals surface area contributed by atoms with Crippen LogP contribution in [0.3, 0.4) is 0 Å². The molecular weight excluding hydrogens is 244 g/mol. The molecule has 0 heterocycles. The Hall–Kier alpha value is -0.543. The molecule has 0 spiro atoms. The van der Waals surface area contributed by atoms with Crippen LogP contribution in [-0.2, 0) is 4.79 Å². The second-order valence-corrected chi connectivity index (χ2v) is 12.8. The van der Waals surface area contributed by atoms with Crippen molar-refractivity contribution in [2.75, 3.05) is 0 Å². The number of thioether (sulfide) groups is 1. The topological polar surface area (TPSA) is 17.1 Å². The number of hydrogen-bond acceptors (Lipinski definition) is 2. The van der Waals surface area contributed by atoms with Crippen molar-refractivity contribution >= 4 is 25.0 Å². The number of carbonyl (C=O) groups is 1. The molecule has 0 saturated carbocycles. The summed E-state index contributed by atoms with van der Waals surface area (Å²) in [5, 5.41) is 0.586. The van der Waals surface area contributed by atoms with Crippen LogP contribution in [0.5, 0.6) is 0 Å². The molecule has 0 aliphatic carbocycles. The summed E-state index contributed by atoms with van der Waals surface area (Å²) in [5.74, 6) is 0. The van der Waals surface area contributed by atoms with Gasteiger partial charge in [-0.05, 0) is 17.2 Å². The molecule has 0 aromatic heterocycles. The quantitative estimate of drug-likeness (QED) is 0.576. The SMILES string of the molecule is CC(C)(C)[Si](C)(C)CC(=O)Sc1ccccc1. The molecule has 94 valence electrons. The molecule has 1 aromatic carbocycles. The second-order valence-electron chi connectivity index (χ2n) is 6.10. The lowest BCUT2D eigenvalue weighted by Gasteiger charge is -2.36. The van der Waals surface area contributed by atoms with Crippen molar-refractivity contribution in [2.45, 2.75) is 49.8 Å². The Morgan fingerprint density at radius 1 is 1.18 bits per heavy atom. The van der Waals surface area contributed by atoms with Gasteiger partial charge in [0.25, 0.3) is 0 Å². The molecule has 0 amide bonds. The number of rotatable bonds is 3. The van der Waals surface area contributed by atoms with E-state index in [2.05, 4.69) is 33.9 Å². The lowest BCUT2D eigenvalue weighted by Crippen LogP contribution is -2.38. The molecule has 0 aliphatic rings. The Bertz CT molecular complexity index is 379. The minimum absolute atomic E-state index is 0.278. The summed E-state index contributed by atoms with van der Waals surface area (Å²) < 4.78 is 0. The minimum Gasteiger partial charge on any atom is -0.287 e. The average molecular weight is 266 g/mol. The van der Waals surface area contributed by atoms with Gasteiger partial charge in [0.1, 0.15) is 0 Å². The maximum Gasteiger partial charge on any atom is 0.191 e. The van der Waals surface area contributed by atoms with Crippen LogP contribution in [0.1, 0.15) is 20.8 Å². The van der Waals surface area contributed by atoms with E-state index in [-0.39, 0.29) is 5.04 Å². The van der Waals surface area contributed by atoms with Gasteiger partial charge in [0.05, 0.1) is 8.07 Å². The van der Waals surface area contributed by atoms with Gasteiger partial charge in [-0.15, -0.1) is 0 Å². The third kappa shape index (κ3) is 4.32. The average Bonchev–Trinajstić information content (AvgIpc) is 2.16. The number of hydrogen-bond donors (Lipinski definition) is 0. The molecule has 0 radical (unpaired) electrons. The van der Waals surface area contributed by atoms with Crippen molar-refractivity contribution in [1.82, 2.24) is 0 Å². The van der Waals surface area contributed by atoms with Crippen molar-refractivity contribution in [2.24, 2.45) is 0 Å². The van der Waals surface area contributed by atoms with Crippen LogP contribution in [-0.4, -0.2) is 13.2 Å². The largest absolute Gasteiger partial charge is 0.287 e. The molecule has 1 nitrogen and oxygen atoms in total. The van der Waals surface area contributed by atoms with E-state index in [1.165, 1.54) is 11.8 Å². The first kappa shape index (κ1) is 14.5. The number of carbonyl (C=O) groups excluding carboxylic acids is 1. The fourth-order valence-corrected chi connectivity index (χ4v) is 4.46. The van der Waals surface area contributed by atoms with E-state index in [1.807, 2.05) is 30.3 Å². The first-order chi connectivity index (χ1) is 7.72. The Morgan fingerprint density at radius 3 is 2.18 bits per heavy atom. The van der Waals surface area contributed by atoms with Crippen molar-refractivity contribution in [3.05, 3.63) is 30.3 Å². The standard InChI is InChI=1S/C14H22OSSi/c1-14(2,3)17(4,5)11-13(15)16-12-9-7-6-8-10-12/h6-10H,11H2,1-5H3. The summed E-state index contributed by atoms with van der Waals surface area (Å²) in [6.45, 7) is 11.4. The lowest BCUT2D eigenvalue weighted by atomic mass is 10.2. The zero-order chi connectivity index (χ0) is 13.1. The molecule has 0 fully saturated rings. The van der Waals surface area contributed by atoms with E-state index in [0.717, 1.165) is 10.9 Å². The van der Waals surface area contributed by atoms with E-state index >= 15 is 0 Å². The minimum atomic E-state index is -1.49. The van der Waals surface area contributed by atoms with E-state index in [9.17, 15) is 4.79 Å². The van der Waals surface area contributed by atoms with E-state index < -0.39 is 8.07 Å². The summed E-state index contributed by atoms with van der Waals surface area (Å²) in [7, 11) is -1.49. The van der Waals surface area contributed by atoms with Gasteiger partial charge in [0.15, 0.2) is 5.12 Å². The zero-order valence-corrected chi connectivity index (χ0v) is 13.2. The molecular formula is C14H22OSSi. The molecule has 0 saturated heterocycles. The van der Waals surface area contributed by atoms with Crippen LogP contribution in [0.15, 0.2) is 35.2 Å². The molecule has 17 heavy (non-hydrogen) atoms. The first-order valence-corrected chi connectivity index (χ1v) is 10.0. The molecule has 0 N–H and O–H groups in total. The monoisotopic (exact) mass is 266 g/mol. The van der Waals surface area contributed by atoms with Gasteiger partial charge >= 0.3 is 0 Å². The van der Waals surface area contributed by atoms with Gasteiger partial charge in [-0.2, -0.15) is 0 Å². The molecule has 3 heteroatoms. The Morgan fingerprint density at radius 2 is 1.71 bits per heavy atom. The summed E-state index contributed by atoms with van der Waals surface area (Å²) in [6.07, 6.45) is 0. The predicted octanol–water partition coefficient (Wildman–Crippen LogP) is 4.81. The van der Waals surface area contributed by atoms with Crippen LogP contribution < -0.4 is 0 Å². The fourth-order valence-electron chi connectivity index (χ4n) is 1.28. The highest BCUT2D eigenvalue weighted by Crippen LogP contribution is 2.40. The van der Waals surface area contributed by atoms with Gasteiger partial charge in [0, 0.05) is 10.9 Å². The maximum absolute atomic E-state index is 12.1. The van der Waals surface area contributed by atoms with Gasteiger partial charge < -0.3 is 0 Å².